The van der Waals surface area contributed by atoms with Crippen molar-refractivity contribution in [2.24, 2.45) is 5.92 Å². The third-order valence-corrected chi connectivity index (χ3v) is 4.26. The molecule has 2 aromatic rings. The van der Waals surface area contributed by atoms with Crippen molar-refractivity contribution in [2.45, 2.75) is 32.8 Å². The second kappa shape index (κ2) is 9.18. The van der Waals surface area contributed by atoms with E-state index in [1.54, 1.807) is 0 Å². The van der Waals surface area contributed by atoms with E-state index < -0.39 is 11.9 Å². The van der Waals surface area contributed by atoms with Crippen LogP contribution in [-0.4, -0.2) is 36.2 Å². The zero-order valence-electron chi connectivity index (χ0n) is 14.7. The monoisotopic (exact) mass is 343 g/mol. The van der Waals surface area contributed by atoms with Crippen molar-refractivity contribution in [3.8, 4) is 0 Å². The predicted octanol–water partition coefficient (Wildman–Crippen LogP) is 3.01. The Labute approximate surface area is 148 Å². The van der Waals surface area contributed by atoms with Gasteiger partial charge in [-0.2, -0.15) is 0 Å². The molecule has 0 spiro atoms. The molecule has 5 heteroatoms. The van der Waals surface area contributed by atoms with Crippen LogP contribution in [0.4, 0.5) is 0 Å². The van der Waals surface area contributed by atoms with E-state index in [4.69, 9.17) is 4.74 Å². The molecule has 0 aromatic heterocycles. The minimum absolute atomic E-state index is 0.0126. The summed E-state index contributed by atoms with van der Waals surface area (Å²) in [7, 11) is 0. The van der Waals surface area contributed by atoms with Gasteiger partial charge < -0.3 is 15.2 Å². The van der Waals surface area contributed by atoms with Crippen LogP contribution in [0.15, 0.2) is 42.5 Å². The number of amides is 1. The molecule has 134 valence electrons. The molecule has 25 heavy (non-hydrogen) atoms. The van der Waals surface area contributed by atoms with Crippen LogP contribution in [0.25, 0.3) is 10.8 Å². The van der Waals surface area contributed by atoms with Gasteiger partial charge in [0.2, 0.25) is 5.91 Å². The Morgan fingerprint density at radius 2 is 1.88 bits per heavy atom. The molecule has 0 radical (unpaired) electrons. The van der Waals surface area contributed by atoms with Crippen LogP contribution < -0.4 is 5.32 Å². The summed E-state index contributed by atoms with van der Waals surface area (Å²) in [5, 5.41) is 14.3. The van der Waals surface area contributed by atoms with E-state index in [0.717, 1.165) is 22.8 Å². The zero-order chi connectivity index (χ0) is 18.2. The fourth-order valence-electron chi connectivity index (χ4n) is 2.52. The summed E-state index contributed by atoms with van der Waals surface area (Å²) in [5.41, 5.74) is 0.941. The van der Waals surface area contributed by atoms with Gasteiger partial charge in [-0.15, -0.1) is 0 Å². The SMILES string of the molecule is CCC(C)OCC(=O)NCC(Cc1ccc2ccccc2c1)C(=O)O. The summed E-state index contributed by atoms with van der Waals surface area (Å²) >= 11 is 0. The molecule has 0 heterocycles. The molecule has 2 N–H and O–H groups in total. The van der Waals surface area contributed by atoms with Gasteiger partial charge in [0.1, 0.15) is 6.61 Å². The maximum absolute atomic E-state index is 11.8. The van der Waals surface area contributed by atoms with Gasteiger partial charge in [-0.1, -0.05) is 49.4 Å². The smallest absolute Gasteiger partial charge is 0.308 e. The van der Waals surface area contributed by atoms with E-state index in [1.165, 1.54) is 0 Å². The highest BCUT2D eigenvalue weighted by Crippen LogP contribution is 2.18. The van der Waals surface area contributed by atoms with Crippen molar-refractivity contribution in [3.05, 3.63) is 48.0 Å². The molecule has 2 unspecified atom stereocenters. The molecule has 2 atom stereocenters. The highest BCUT2D eigenvalue weighted by Gasteiger charge is 2.19. The van der Waals surface area contributed by atoms with Gasteiger partial charge in [-0.3, -0.25) is 9.59 Å². The number of hydrogen-bond donors (Lipinski definition) is 2. The van der Waals surface area contributed by atoms with Gasteiger partial charge in [0, 0.05) is 6.54 Å². The number of fused-ring (bicyclic) bond motifs is 1. The second-order valence-electron chi connectivity index (χ2n) is 6.25. The van der Waals surface area contributed by atoms with Gasteiger partial charge in [0.05, 0.1) is 12.0 Å². The molecule has 0 fully saturated rings. The Balaban J connectivity index is 1.93. The first-order valence-electron chi connectivity index (χ1n) is 8.58. The normalized spacial score (nSPS) is 13.4. The van der Waals surface area contributed by atoms with Crippen LogP contribution >= 0.6 is 0 Å². The largest absolute Gasteiger partial charge is 0.481 e. The van der Waals surface area contributed by atoms with Gasteiger partial charge >= 0.3 is 5.97 Å². The van der Waals surface area contributed by atoms with Crippen molar-refractivity contribution < 1.29 is 19.4 Å². The molecule has 0 aliphatic carbocycles. The van der Waals surface area contributed by atoms with Crippen LogP contribution in [0.1, 0.15) is 25.8 Å². The first kappa shape index (κ1) is 18.9. The lowest BCUT2D eigenvalue weighted by atomic mass is 9.97. The molecular weight excluding hydrogens is 318 g/mol. The molecule has 0 bridgehead atoms. The third kappa shape index (κ3) is 5.87. The fourth-order valence-corrected chi connectivity index (χ4v) is 2.52. The van der Waals surface area contributed by atoms with Crippen molar-refractivity contribution in [2.75, 3.05) is 13.2 Å². The number of hydrogen-bond acceptors (Lipinski definition) is 3. The van der Waals surface area contributed by atoms with E-state index in [2.05, 4.69) is 5.32 Å². The molecule has 0 aliphatic heterocycles. The standard InChI is InChI=1S/C20H25NO4/c1-3-14(2)25-13-19(22)21-12-18(20(23)24)11-15-8-9-16-6-4-5-7-17(16)10-15/h4-10,14,18H,3,11-13H2,1-2H3,(H,21,22)(H,23,24). The van der Waals surface area contributed by atoms with Gasteiger partial charge in [0.15, 0.2) is 0 Å². The fraction of sp³-hybridized carbons (Fsp3) is 0.400. The summed E-state index contributed by atoms with van der Waals surface area (Å²) in [6.45, 7) is 3.92. The van der Waals surface area contributed by atoms with Crippen LogP contribution in [-0.2, 0) is 20.7 Å². The van der Waals surface area contributed by atoms with Gasteiger partial charge in [-0.05, 0) is 36.1 Å². The Morgan fingerprint density at radius 1 is 1.16 bits per heavy atom. The topological polar surface area (TPSA) is 75.6 Å². The molecule has 0 saturated carbocycles. The lowest BCUT2D eigenvalue weighted by molar-refractivity contribution is -0.141. The molecular formula is C20H25NO4. The number of carbonyl (C=O) groups excluding carboxylic acids is 1. The van der Waals surface area contributed by atoms with Crippen molar-refractivity contribution in [1.82, 2.24) is 5.32 Å². The van der Waals surface area contributed by atoms with Crippen LogP contribution in [0.5, 0.6) is 0 Å². The summed E-state index contributed by atoms with van der Waals surface area (Å²) < 4.78 is 5.35. The second-order valence-corrected chi connectivity index (χ2v) is 6.25. The van der Waals surface area contributed by atoms with Crippen LogP contribution in [0, 0.1) is 5.92 Å². The zero-order valence-corrected chi connectivity index (χ0v) is 14.7. The highest BCUT2D eigenvalue weighted by atomic mass is 16.5. The quantitative estimate of drug-likeness (QED) is 0.734. The molecule has 2 aromatic carbocycles. The number of carbonyl (C=O) groups is 2. The van der Waals surface area contributed by atoms with E-state index in [-0.39, 0.29) is 25.2 Å². The lowest BCUT2D eigenvalue weighted by Crippen LogP contribution is -2.36. The Kier molecular flexibility index (Phi) is 6.95. The minimum atomic E-state index is -0.920. The number of nitrogens with one attached hydrogen (secondary N) is 1. The Hall–Kier alpha value is -2.40. The molecule has 2 rings (SSSR count). The molecule has 1 amide bonds. The molecule has 0 saturated heterocycles. The van der Waals surface area contributed by atoms with Crippen LogP contribution in [0.3, 0.4) is 0 Å². The molecule has 0 aliphatic rings. The third-order valence-electron chi connectivity index (χ3n) is 4.26. The van der Waals surface area contributed by atoms with E-state index in [9.17, 15) is 14.7 Å². The number of carboxylic acids is 1. The predicted molar refractivity (Wildman–Crippen MR) is 97.5 cm³/mol. The number of benzene rings is 2. The van der Waals surface area contributed by atoms with Crippen LogP contribution in [0.2, 0.25) is 0 Å². The van der Waals surface area contributed by atoms with E-state index >= 15 is 0 Å². The summed E-state index contributed by atoms with van der Waals surface area (Å²) in [6.07, 6.45) is 1.21. The van der Waals surface area contributed by atoms with E-state index in [0.29, 0.717) is 6.42 Å². The summed E-state index contributed by atoms with van der Waals surface area (Å²) in [4.78, 5) is 23.3. The Morgan fingerprint density at radius 3 is 2.56 bits per heavy atom. The average molecular weight is 343 g/mol. The van der Waals surface area contributed by atoms with Crippen molar-refractivity contribution >= 4 is 22.6 Å². The first-order valence-corrected chi connectivity index (χ1v) is 8.58. The number of aliphatic carboxylic acids is 1. The van der Waals surface area contributed by atoms with Gasteiger partial charge in [0.25, 0.3) is 0 Å². The maximum Gasteiger partial charge on any atom is 0.308 e. The first-order chi connectivity index (χ1) is 12.0. The average Bonchev–Trinajstić information content (AvgIpc) is 2.62. The van der Waals surface area contributed by atoms with Crippen molar-refractivity contribution in [3.63, 3.8) is 0 Å². The number of ether oxygens (including phenoxy) is 1. The minimum Gasteiger partial charge on any atom is -0.481 e. The maximum atomic E-state index is 11.8. The van der Waals surface area contributed by atoms with Gasteiger partial charge in [-0.25, -0.2) is 0 Å². The number of carboxylic acid groups (broad SMARTS) is 1. The highest BCUT2D eigenvalue weighted by molar-refractivity contribution is 5.83. The Bertz CT molecular complexity index is 728. The number of rotatable bonds is 9. The summed E-state index contributed by atoms with van der Waals surface area (Å²) in [6, 6.07) is 13.9. The molecule has 5 nitrogen and oxygen atoms in total. The lowest BCUT2D eigenvalue weighted by Gasteiger charge is -2.15. The van der Waals surface area contributed by atoms with Crippen molar-refractivity contribution in [1.29, 1.82) is 0 Å². The summed E-state index contributed by atoms with van der Waals surface area (Å²) in [5.74, 6) is -1.88. The van der Waals surface area contributed by atoms with E-state index in [1.807, 2.05) is 56.3 Å².